The maximum absolute atomic E-state index is 12.5. The molecule has 0 bridgehead atoms. The lowest BCUT2D eigenvalue weighted by atomic mass is 10.0. The van der Waals surface area contributed by atoms with Crippen LogP contribution in [0, 0.1) is 0 Å². The van der Waals surface area contributed by atoms with E-state index in [0.29, 0.717) is 29.2 Å². The van der Waals surface area contributed by atoms with Gasteiger partial charge in [-0.05, 0) is 41.0 Å². The first-order valence-electron chi connectivity index (χ1n) is 10.8. The number of esters is 1. The molecule has 170 valence electrons. The Kier molecular flexibility index (Phi) is 7.35. The second-order valence-electron chi connectivity index (χ2n) is 7.58. The summed E-state index contributed by atoms with van der Waals surface area (Å²) in [5.41, 5.74) is 3.84. The van der Waals surface area contributed by atoms with E-state index in [1.807, 2.05) is 66.7 Å². The minimum Gasteiger partial charge on any atom is -0.493 e. The Bertz CT molecular complexity index is 1250. The van der Waals surface area contributed by atoms with E-state index in [4.69, 9.17) is 14.2 Å². The first-order chi connectivity index (χ1) is 16.6. The van der Waals surface area contributed by atoms with Crippen LogP contribution in [-0.4, -0.2) is 25.5 Å². The summed E-state index contributed by atoms with van der Waals surface area (Å²) in [6, 6.07) is 31.5. The van der Waals surface area contributed by atoms with Crippen LogP contribution in [0.5, 0.6) is 11.5 Å². The second kappa shape index (κ2) is 11.0. The highest BCUT2D eigenvalue weighted by Gasteiger charge is 2.12. The number of carbonyl (C=O) groups excluding carboxylic acids is 2. The maximum Gasteiger partial charge on any atom is 0.338 e. The Morgan fingerprint density at radius 3 is 1.91 bits per heavy atom. The van der Waals surface area contributed by atoms with Gasteiger partial charge in [-0.3, -0.25) is 4.79 Å². The third-order valence-corrected chi connectivity index (χ3v) is 5.30. The topological polar surface area (TPSA) is 61.8 Å². The largest absolute Gasteiger partial charge is 0.493 e. The van der Waals surface area contributed by atoms with E-state index >= 15 is 0 Å². The number of methoxy groups -OCH3 is 1. The van der Waals surface area contributed by atoms with Crippen LogP contribution in [0.4, 0.5) is 0 Å². The minimum absolute atomic E-state index is 0.255. The molecule has 0 aliphatic heterocycles. The molecular weight excluding hydrogens is 428 g/mol. The van der Waals surface area contributed by atoms with E-state index in [9.17, 15) is 9.59 Å². The molecule has 0 aromatic heterocycles. The zero-order valence-corrected chi connectivity index (χ0v) is 18.8. The number of carbonyl (C=O) groups is 2. The van der Waals surface area contributed by atoms with Gasteiger partial charge in [-0.15, -0.1) is 0 Å². The number of para-hydroxylation sites is 2. The molecule has 0 saturated heterocycles. The summed E-state index contributed by atoms with van der Waals surface area (Å²) in [5.74, 6) is 0.493. The van der Waals surface area contributed by atoms with Gasteiger partial charge in [0.1, 0.15) is 6.61 Å². The van der Waals surface area contributed by atoms with Crippen LogP contribution in [0.1, 0.15) is 26.3 Å². The highest BCUT2D eigenvalue weighted by Crippen LogP contribution is 2.26. The van der Waals surface area contributed by atoms with Gasteiger partial charge in [-0.25, -0.2) is 4.79 Å². The molecule has 0 aliphatic carbocycles. The van der Waals surface area contributed by atoms with Crippen molar-refractivity contribution in [3.05, 3.63) is 120 Å². The monoisotopic (exact) mass is 452 g/mol. The molecule has 0 amide bonds. The van der Waals surface area contributed by atoms with E-state index in [1.54, 1.807) is 43.5 Å². The van der Waals surface area contributed by atoms with Crippen LogP contribution in [-0.2, 0) is 11.3 Å². The van der Waals surface area contributed by atoms with E-state index in [0.717, 1.165) is 16.7 Å². The first-order valence-corrected chi connectivity index (χ1v) is 10.8. The molecule has 4 aromatic carbocycles. The predicted molar refractivity (Wildman–Crippen MR) is 130 cm³/mol. The van der Waals surface area contributed by atoms with Gasteiger partial charge in [0.2, 0.25) is 0 Å². The third-order valence-electron chi connectivity index (χ3n) is 5.30. The quantitative estimate of drug-likeness (QED) is 0.231. The van der Waals surface area contributed by atoms with E-state index in [1.165, 1.54) is 0 Å². The van der Waals surface area contributed by atoms with Gasteiger partial charge in [0, 0.05) is 5.56 Å². The fraction of sp³-hybridized carbons (Fsp3) is 0.103. The standard InChI is InChI=1S/C29H24O5/c1-32-27-9-5-6-10-28(27)33-19-21-11-13-25(14-12-21)29(31)34-20-26(30)24-17-15-23(16-18-24)22-7-3-2-4-8-22/h2-18H,19-20H2,1H3. The van der Waals surface area contributed by atoms with Crippen molar-refractivity contribution in [2.75, 3.05) is 13.7 Å². The van der Waals surface area contributed by atoms with Crippen LogP contribution < -0.4 is 9.47 Å². The lowest BCUT2D eigenvalue weighted by Crippen LogP contribution is -2.14. The van der Waals surface area contributed by atoms with Gasteiger partial charge in [-0.1, -0.05) is 78.9 Å². The second-order valence-corrected chi connectivity index (χ2v) is 7.58. The Labute approximate surface area is 198 Å². The van der Waals surface area contributed by atoms with Gasteiger partial charge >= 0.3 is 5.97 Å². The van der Waals surface area contributed by atoms with Crippen LogP contribution >= 0.6 is 0 Å². The molecule has 4 aromatic rings. The number of ketones is 1. The van der Waals surface area contributed by atoms with Gasteiger partial charge in [-0.2, -0.15) is 0 Å². The minimum atomic E-state index is -0.550. The molecule has 0 radical (unpaired) electrons. The Morgan fingerprint density at radius 1 is 0.647 bits per heavy atom. The molecule has 0 atom stereocenters. The summed E-state index contributed by atoms with van der Waals surface area (Å²) < 4.78 is 16.3. The molecule has 0 aliphatic rings. The summed E-state index contributed by atoms with van der Waals surface area (Å²) in [6.07, 6.45) is 0. The van der Waals surface area contributed by atoms with Crippen LogP contribution in [0.15, 0.2) is 103 Å². The van der Waals surface area contributed by atoms with Crippen LogP contribution in [0.25, 0.3) is 11.1 Å². The van der Waals surface area contributed by atoms with Crippen LogP contribution in [0.2, 0.25) is 0 Å². The SMILES string of the molecule is COc1ccccc1OCc1ccc(C(=O)OCC(=O)c2ccc(-c3ccccc3)cc2)cc1. The van der Waals surface area contributed by atoms with Crippen molar-refractivity contribution in [1.82, 2.24) is 0 Å². The molecule has 0 spiro atoms. The summed E-state index contributed by atoms with van der Waals surface area (Å²) in [6.45, 7) is 0.00927. The Morgan fingerprint density at radius 2 is 1.24 bits per heavy atom. The number of benzene rings is 4. The third kappa shape index (κ3) is 5.70. The molecule has 0 heterocycles. The highest BCUT2D eigenvalue weighted by atomic mass is 16.5. The van der Waals surface area contributed by atoms with E-state index in [2.05, 4.69) is 0 Å². The van der Waals surface area contributed by atoms with E-state index in [-0.39, 0.29) is 12.4 Å². The van der Waals surface area contributed by atoms with E-state index < -0.39 is 5.97 Å². The summed E-state index contributed by atoms with van der Waals surface area (Å²) >= 11 is 0. The average Bonchev–Trinajstić information content (AvgIpc) is 2.91. The number of hydrogen-bond acceptors (Lipinski definition) is 5. The molecular formula is C29H24O5. The molecule has 0 saturated carbocycles. The Balaban J connectivity index is 1.29. The molecule has 0 unspecified atom stereocenters. The Hall–Kier alpha value is -4.38. The molecule has 0 N–H and O–H groups in total. The predicted octanol–water partition coefficient (Wildman–Crippen LogP) is 5.98. The van der Waals surface area contributed by atoms with Crippen molar-refractivity contribution in [2.45, 2.75) is 6.61 Å². The van der Waals surface area contributed by atoms with Crippen molar-refractivity contribution in [3.63, 3.8) is 0 Å². The van der Waals surface area contributed by atoms with Gasteiger partial charge in [0.05, 0.1) is 12.7 Å². The van der Waals surface area contributed by atoms with Crippen LogP contribution in [0.3, 0.4) is 0 Å². The van der Waals surface area contributed by atoms with Gasteiger partial charge in [0.15, 0.2) is 23.9 Å². The summed E-state index contributed by atoms with van der Waals surface area (Å²) in [4.78, 5) is 24.8. The normalized spacial score (nSPS) is 10.4. The first kappa shape index (κ1) is 22.8. The van der Waals surface area contributed by atoms with Crippen molar-refractivity contribution in [1.29, 1.82) is 0 Å². The van der Waals surface area contributed by atoms with Crippen molar-refractivity contribution < 1.29 is 23.8 Å². The average molecular weight is 453 g/mol. The smallest absolute Gasteiger partial charge is 0.338 e. The number of Topliss-reactive ketones (excluding diaryl/α,β-unsaturated/α-hetero) is 1. The fourth-order valence-electron chi connectivity index (χ4n) is 3.41. The summed E-state index contributed by atoms with van der Waals surface area (Å²) in [7, 11) is 1.59. The zero-order chi connectivity index (χ0) is 23.8. The molecule has 34 heavy (non-hydrogen) atoms. The van der Waals surface area contributed by atoms with Crippen molar-refractivity contribution in [3.8, 4) is 22.6 Å². The molecule has 0 fully saturated rings. The fourth-order valence-corrected chi connectivity index (χ4v) is 3.41. The number of ether oxygens (including phenoxy) is 3. The molecule has 5 heteroatoms. The number of hydrogen-bond donors (Lipinski definition) is 0. The van der Waals surface area contributed by atoms with Crippen molar-refractivity contribution in [2.24, 2.45) is 0 Å². The zero-order valence-electron chi connectivity index (χ0n) is 18.8. The number of rotatable bonds is 9. The maximum atomic E-state index is 12.5. The lowest BCUT2D eigenvalue weighted by Gasteiger charge is -2.10. The van der Waals surface area contributed by atoms with Gasteiger partial charge in [0.25, 0.3) is 0 Å². The van der Waals surface area contributed by atoms with Crippen molar-refractivity contribution >= 4 is 11.8 Å². The summed E-state index contributed by atoms with van der Waals surface area (Å²) in [5, 5.41) is 0. The van der Waals surface area contributed by atoms with Gasteiger partial charge < -0.3 is 14.2 Å². The molecule has 5 nitrogen and oxygen atoms in total. The molecule has 4 rings (SSSR count). The highest BCUT2D eigenvalue weighted by molar-refractivity contribution is 5.99. The lowest BCUT2D eigenvalue weighted by molar-refractivity contribution is 0.0474.